The van der Waals surface area contributed by atoms with Gasteiger partial charge in [0.15, 0.2) is 11.8 Å². The van der Waals surface area contributed by atoms with Crippen LogP contribution in [0.1, 0.15) is 30.6 Å². The van der Waals surface area contributed by atoms with Gasteiger partial charge in [0.1, 0.15) is 0 Å². The van der Waals surface area contributed by atoms with Crippen LogP contribution in [0.5, 0.6) is 0 Å². The highest BCUT2D eigenvalue weighted by atomic mass is 127. The van der Waals surface area contributed by atoms with Gasteiger partial charge in [0, 0.05) is 20.0 Å². The Morgan fingerprint density at radius 1 is 1.30 bits per heavy atom. The Balaban J connectivity index is 0.00000264. The highest BCUT2D eigenvalue weighted by Gasteiger charge is 2.07. The minimum atomic E-state index is 0. The second-order valence-corrected chi connectivity index (χ2v) is 5.23. The van der Waals surface area contributed by atoms with Crippen molar-refractivity contribution in [1.29, 1.82) is 0 Å². The fraction of sp³-hybridized carbons (Fsp3) is 0.438. The third-order valence-electron chi connectivity index (χ3n) is 3.30. The second kappa shape index (κ2) is 10.2. The van der Waals surface area contributed by atoms with Crippen LogP contribution in [0.4, 0.5) is 0 Å². The normalized spacial score (nSPS) is 12.4. The minimum Gasteiger partial charge on any atom is -0.354 e. The zero-order valence-corrected chi connectivity index (χ0v) is 16.1. The summed E-state index contributed by atoms with van der Waals surface area (Å²) in [5.41, 5.74) is 1.35. The van der Waals surface area contributed by atoms with Gasteiger partial charge >= 0.3 is 0 Å². The van der Waals surface area contributed by atoms with E-state index in [0.717, 1.165) is 18.8 Å². The number of hydrogen-bond acceptors (Lipinski definition) is 4. The molecule has 1 atom stereocenters. The lowest BCUT2D eigenvalue weighted by Crippen LogP contribution is -2.42. The maximum Gasteiger partial charge on any atom is 0.223 e. The highest BCUT2D eigenvalue weighted by molar-refractivity contribution is 14.0. The number of guanidine groups is 1. The molecule has 0 amide bonds. The lowest BCUT2D eigenvalue weighted by atomic mass is 10.1. The summed E-state index contributed by atoms with van der Waals surface area (Å²) in [5.74, 6) is 1.93. The van der Waals surface area contributed by atoms with Crippen LogP contribution in [0, 0.1) is 6.92 Å². The van der Waals surface area contributed by atoms with E-state index in [1.165, 1.54) is 5.56 Å². The van der Waals surface area contributed by atoms with Gasteiger partial charge in [0.05, 0.1) is 6.54 Å². The number of nitrogens with one attached hydrogen (secondary N) is 2. The SMILES string of the molecule is CN=C(NCc1noc(C)n1)NC(C)CCc1ccccc1.I. The second-order valence-electron chi connectivity index (χ2n) is 5.23. The maximum absolute atomic E-state index is 4.94. The van der Waals surface area contributed by atoms with Crippen LogP contribution in [0.3, 0.4) is 0 Å². The van der Waals surface area contributed by atoms with E-state index in [4.69, 9.17) is 4.52 Å². The van der Waals surface area contributed by atoms with E-state index in [-0.39, 0.29) is 24.0 Å². The highest BCUT2D eigenvalue weighted by Crippen LogP contribution is 2.04. The molecule has 0 radical (unpaired) electrons. The molecule has 0 saturated heterocycles. The van der Waals surface area contributed by atoms with Crippen molar-refractivity contribution >= 4 is 29.9 Å². The van der Waals surface area contributed by atoms with Crippen LogP contribution < -0.4 is 10.6 Å². The van der Waals surface area contributed by atoms with E-state index >= 15 is 0 Å². The number of halogens is 1. The predicted octanol–water partition coefficient (Wildman–Crippen LogP) is 2.68. The minimum absolute atomic E-state index is 0. The average Bonchev–Trinajstić information content (AvgIpc) is 2.96. The van der Waals surface area contributed by atoms with Crippen LogP contribution in [0.2, 0.25) is 0 Å². The zero-order valence-electron chi connectivity index (χ0n) is 13.7. The first kappa shape index (κ1) is 19.4. The maximum atomic E-state index is 4.94. The van der Waals surface area contributed by atoms with E-state index in [1.54, 1.807) is 14.0 Å². The van der Waals surface area contributed by atoms with E-state index in [2.05, 4.69) is 57.0 Å². The monoisotopic (exact) mass is 429 g/mol. The van der Waals surface area contributed by atoms with Crippen molar-refractivity contribution in [2.45, 2.75) is 39.3 Å². The first-order valence-corrected chi connectivity index (χ1v) is 7.47. The Labute approximate surface area is 154 Å². The molecule has 0 aliphatic heterocycles. The Bertz CT molecular complexity index is 600. The molecule has 0 bridgehead atoms. The lowest BCUT2D eigenvalue weighted by Gasteiger charge is -2.17. The Hall–Kier alpha value is -1.64. The van der Waals surface area contributed by atoms with Crippen LogP contribution in [0.15, 0.2) is 39.8 Å². The first-order valence-electron chi connectivity index (χ1n) is 7.47. The molecule has 6 nitrogen and oxygen atoms in total. The van der Waals surface area contributed by atoms with Gasteiger partial charge in [-0.2, -0.15) is 4.98 Å². The van der Waals surface area contributed by atoms with Crippen LogP contribution in [-0.4, -0.2) is 29.2 Å². The van der Waals surface area contributed by atoms with Gasteiger partial charge < -0.3 is 15.2 Å². The summed E-state index contributed by atoms with van der Waals surface area (Å²) >= 11 is 0. The van der Waals surface area contributed by atoms with Gasteiger partial charge in [-0.3, -0.25) is 4.99 Å². The van der Waals surface area contributed by atoms with E-state index in [0.29, 0.717) is 24.3 Å². The van der Waals surface area contributed by atoms with Crippen molar-refractivity contribution in [2.24, 2.45) is 4.99 Å². The molecular weight excluding hydrogens is 405 g/mol. The van der Waals surface area contributed by atoms with Crippen molar-refractivity contribution in [2.75, 3.05) is 7.05 Å². The molecule has 2 rings (SSSR count). The molecule has 0 spiro atoms. The number of benzene rings is 1. The molecule has 0 saturated carbocycles. The molecule has 1 aromatic heterocycles. The van der Waals surface area contributed by atoms with Crippen molar-refractivity contribution in [3.8, 4) is 0 Å². The lowest BCUT2D eigenvalue weighted by molar-refractivity contribution is 0.386. The summed E-state index contributed by atoms with van der Waals surface area (Å²) in [6.45, 7) is 4.41. The van der Waals surface area contributed by atoms with Crippen LogP contribution >= 0.6 is 24.0 Å². The van der Waals surface area contributed by atoms with Crippen molar-refractivity contribution in [3.63, 3.8) is 0 Å². The quantitative estimate of drug-likeness (QED) is 0.420. The summed E-state index contributed by atoms with van der Waals surface area (Å²) in [6.07, 6.45) is 2.07. The van der Waals surface area contributed by atoms with Crippen molar-refractivity contribution in [3.05, 3.63) is 47.6 Å². The first-order chi connectivity index (χ1) is 10.7. The topological polar surface area (TPSA) is 75.3 Å². The number of nitrogens with zero attached hydrogens (tertiary/aromatic N) is 3. The van der Waals surface area contributed by atoms with E-state index < -0.39 is 0 Å². The molecule has 2 aromatic rings. The molecule has 0 fully saturated rings. The zero-order chi connectivity index (χ0) is 15.8. The fourth-order valence-corrected chi connectivity index (χ4v) is 2.10. The van der Waals surface area contributed by atoms with Crippen LogP contribution in [-0.2, 0) is 13.0 Å². The average molecular weight is 429 g/mol. The summed E-state index contributed by atoms with van der Waals surface area (Å²) in [6, 6.07) is 10.8. The standard InChI is InChI=1S/C16H23N5O.HI/c1-12(9-10-14-7-5-4-6-8-14)19-16(17-3)18-11-15-20-13(2)22-21-15;/h4-8,12H,9-11H2,1-3H3,(H2,17,18,19);1H. The van der Waals surface area contributed by atoms with Gasteiger partial charge in [0.25, 0.3) is 0 Å². The summed E-state index contributed by atoms with van der Waals surface area (Å²) in [5, 5.41) is 10.4. The Kier molecular flexibility index (Phi) is 8.60. The Morgan fingerprint density at radius 2 is 2.04 bits per heavy atom. The predicted molar refractivity (Wildman–Crippen MR) is 102 cm³/mol. The Morgan fingerprint density at radius 3 is 2.65 bits per heavy atom. The number of rotatable bonds is 6. The molecule has 1 heterocycles. The third-order valence-corrected chi connectivity index (χ3v) is 3.30. The van der Waals surface area contributed by atoms with Gasteiger partial charge in [-0.25, -0.2) is 0 Å². The number of hydrogen-bond donors (Lipinski definition) is 2. The van der Waals surface area contributed by atoms with Crippen molar-refractivity contribution in [1.82, 2.24) is 20.8 Å². The number of aromatic nitrogens is 2. The molecular formula is C16H24IN5O. The molecule has 126 valence electrons. The van der Waals surface area contributed by atoms with Gasteiger partial charge in [0.2, 0.25) is 5.89 Å². The number of aliphatic imine (C=N–C) groups is 1. The molecule has 23 heavy (non-hydrogen) atoms. The summed E-state index contributed by atoms with van der Waals surface area (Å²) < 4.78 is 4.94. The molecule has 0 aliphatic rings. The van der Waals surface area contributed by atoms with Crippen molar-refractivity contribution < 1.29 is 4.52 Å². The largest absolute Gasteiger partial charge is 0.354 e. The molecule has 2 N–H and O–H groups in total. The van der Waals surface area contributed by atoms with Gasteiger partial charge in [-0.1, -0.05) is 35.5 Å². The van der Waals surface area contributed by atoms with Gasteiger partial charge in [-0.15, -0.1) is 24.0 Å². The fourth-order valence-electron chi connectivity index (χ4n) is 2.10. The molecule has 7 heteroatoms. The third kappa shape index (κ3) is 6.98. The summed E-state index contributed by atoms with van der Waals surface area (Å²) in [7, 11) is 1.75. The number of aryl methyl sites for hydroxylation is 2. The molecule has 0 aliphatic carbocycles. The van der Waals surface area contributed by atoms with Crippen LogP contribution in [0.25, 0.3) is 0 Å². The van der Waals surface area contributed by atoms with Gasteiger partial charge in [-0.05, 0) is 25.3 Å². The van der Waals surface area contributed by atoms with E-state index in [9.17, 15) is 0 Å². The summed E-state index contributed by atoms with van der Waals surface area (Å²) in [4.78, 5) is 8.36. The molecule has 1 unspecified atom stereocenters. The molecule has 1 aromatic carbocycles. The smallest absolute Gasteiger partial charge is 0.223 e. The van der Waals surface area contributed by atoms with E-state index in [1.807, 2.05) is 6.07 Å².